The summed E-state index contributed by atoms with van der Waals surface area (Å²) < 4.78 is 0. The average molecular weight is 218 g/mol. The van der Waals surface area contributed by atoms with Crippen molar-refractivity contribution in [2.24, 2.45) is 0 Å². The third kappa shape index (κ3) is 1.76. The van der Waals surface area contributed by atoms with E-state index in [0.717, 1.165) is 5.56 Å². The highest BCUT2D eigenvalue weighted by molar-refractivity contribution is 7.08. The summed E-state index contributed by atoms with van der Waals surface area (Å²) in [6.45, 7) is 1.91. The summed E-state index contributed by atoms with van der Waals surface area (Å²) >= 11 is 1.51. The van der Waals surface area contributed by atoms with Crippen LogP contribution in [0.25, 0.3) is 0 Å². The van der Waals surface area contributed by atoms with Gasteiger partial charge in [0.15, 0.2) is 5.78 Å². The second-order valence-electron chi connectivity index (χ2n) is 3.26. The lowest BCUT2D eigenvalue weighted by Crippen LogP contribution is -2.05. The van der Waals surface area contributed by atoms with Crippen LogP contribution in [0, 0.1) is 6.92 Å². The minimum absolute atomic E-state index is 0.0562. The highest BCUT2D eigenvalue weighted by atomic mass is 32.1. The molecule has 0 unspecified atom stereocenters. The average Bonchev–Trinajstić information content (AvgIpc) is 2.64. The van der Waals surface area contributed by atoms with Crippen LogP contribution in [0.2, 0.25) is 0 Å². The number of aryl methyl sites for hydroxylation is 1. The van der Waals surface area contributed by atoms with E-state index in [1.807, 2.05) is 17.7 Å². The van der Waals surface area contributed by atoms with E-state index in [2.05, 4.69) is 4.98 Å². The summed E-state index contributed by atoms with van der Waals surface area (Å²) in [6.07, 6.45) is 3.08. The van der Waals surface area contributed by atoms with Crippen molar-refractivity contribution < 1.29 is 4.79 Å². The van der Waals surface area contributed by atoms with Gasteiger partial charge in [0.1, 0.15) is 0 Å². The van der Waals surface area contributed by atoms with Gasteiger partial charge < -0.3 is 5.73 Å². The molecule has 0 saturated heterocycles. The third-order valence-corrected chi connectivity index (χ3v) is 3.06. The highest BCUT2D eigenvalue weighted by Gasteiger charge is 2.14. The molecule has 3 nitrogen and oxygen atoms in total. The van der Waals surface area contributed by atoms with E-state index in [9.17, 15) is 4.79 Å². The van der Waals surface area contributed by atoms with Crippen LogP contribution in [0.4, 0.5) is 5.69 Å². The van der Waals surface area contributed by atoms with Gasteiger partial charge in [-0.3, -0.25) is 9.78 Å². The molecule has 0 aliphatic carbocycles. The van der Waals surface area contributed by atoms with Crippen LogP contribution in [0.1, 0.15) is 21.5 Å². The number of hydrogen-bond acceptors (Lipinski definition) is 4. The Kier molecular flexibility index (Phi) is 2.51. The summed E-state index contributed by atoms with van der Waals surface area (Å²) in [5.74, 6) is -0.0562. The van der Waals surface area contributed by atoms with E-state index < -0.39 is 0 Å². The lowest BCUT2D eigenvalue weighted by Gasteiger charge is -2.02. The van der Waals surface area contributed by atoms with Crippen LogP contribution in [-0.4, -0.2) is 10.8 Å². The number of hydrogen-bond donors (Lipinski definition) is 1. The van der Waals surface area contributed by atoms with Crippen LogP contribution in [0.5, 0.6) is 0 Å². The van der Waals surface area contributed by atoms with Gasteiger partial charge in [0, 0.05) is 29.0 Å². The summed E-state index contributed by atoms with van der Waals surface area (Å²) in [6, 6.07) is 1.63. The number of pyridine rings is 1. The zero-order valence-electron chi connectivity index (χ0n) is 8.23. The van der Waals surface area contributed by atoms with Crippen LogP contribution >= 0.6 is 11.3 Å². The molecule has 0 aliphatic heterocycles. The summed E-state index contributed by atoms with van der Waals surface area (Å²) in [4.78, 5) is 15.9. The van der Waals surface area contributed by atoms with E-state index in [0.29, 0.717) is 16.8 Å². The molecule has 2 aromatic rings. The SMILES string of the molecule is Cc1cscc1C(=O)c1cnccc1N. The van der Waals surface area contributed by atoms with Crippen molar-refractivity contribution in [3.63, 3.8) is 0 Å². The normalized spacial score (nSPS) is 10.2. The zero-order valence-corrected chi connectivity index (χ0v) is 9.04. The minimum atomic E-state index is -0.0562. The quantitative estimate of drug-likeness (QED) is 0.787. The molecule has 0 aliphatic rings. The monoisotopic (exact) mass is 218 g/mol. The molecule has 0 amide bonds. The second-order valence-corrected chi connectivity index (χ2v) is 4.00. The first-order chi connectivity index (χ1) is 7.20. The summed E-state index contributed by atoms with van der Waals surface area (Å²) in [5.41, 5.74) is 8.35. The van der Waals surface area contributed by atoms with Gasteiger partial charge >= 0.3 is 0 Å². The minimum Gasteiger partial charge on any atom is -0.398 e. The molecule has 2 rings (SSSR count). The molecule has 0 saturated carbocycles. The maximum Gasteiger partial charge on any atom is 0.197 e. The Hall–Kier alpha value is -1.68. The van der Waals surface area contributed by atoms with Crippen LogP contribution in [0.15, 0.2) is 29.2 Å². The van der Waals surface area contributed by atoms with Gasteiger partial charge in [0.25, 0.3) is 0 Å². The van der Waals surface area contributed by atoms with Crippen molar-refractivity contribution in [1.29, 1.82) is 0 Å². The van der Waals surface area contributed by atoms with Gasteiger partial charge in [-0.1, -0.05) is 0 Å². The molecular weight excluding hydrogens is 208 g/mol. The van der Waals surface area contributed by atoms with Gasteiger partial charge in [-0.05, 0) is 23.9 Å². The number of rotatable bonds is 2. The van der Waals surface area contributed by atoms with Crippen molar-refractivity contribution in [2.75, 3.05) is 5.73 Å². The first kappa shape index (κ1) is 9.86. The van der Waals surface area contributed by atoms with E-state index in [1.54, 1.807) is 12.3 Å². The fourth-order valence-electron chi connectivity index (χ4n) is 1.33. The Bertz CT molecular complexity index is 505. The Morgan fingerprint density at radius 2 is 2.20 bits per heavy atom. The van der Waals surface area contributed by atoms with Gasteiger partial charge in [-0.15, -0.1) is 0 Å². The Morgan fingerprint density at radius 3 is 2.80 bits per heavy atom. The number of ketones is 1. The molecule has 0 aromatic carbocycles. The van der Waals surface area contributed by atoms with Crippen LogP contribution in [0.3, 0.4) is 0 Å². The number of aromatic nitrogens is 1. The fraction of sp³-hybridized carbons (Fsp3) is 0.0909. The number of carbonyl (C=O) groups excluding carboxylic acids is 1. The Labute approximate surface area is 91.6 Å². The standard InChI is InChI=1S/C11H10N2OS/c1-7-5-15-6-9(7)11(14)8-4-13-3-2-10(8)12/h2-6H,1H3,(H2,12,13). The molecule has 76 valence electrons. The molecule has 4 heteroatoms. The largest absolute Gasteiger partial charge is 0.398 e. The molecule has 0 fully saturated rings. The van der Waals surface area contributed by atoms with Crippen LogP contribution in [-0.2, 0) is 0 Å². The smallest absolute Gasteiger partial charge is 0.197 e. The van der Waals surface area contributed by atoms with Crippen molar-refractivity contribution in [1.82, 2.24) is 4.98 Å². The third-order valence-electron chi connectivity index (χ3n) is 2.20. The topological polar surface area (TPSA) is 56.0 Å². The predicted molar refractivity (Wildman–Crippen MR) is 61.1 cm³/mol. The summed E-state index contributed by atoms with van der Waals surface area (Å²) in [7, 11) is 0. The van der Waals surface area contributed by atoms with Gasteiger partial charge in [-0.25, -0.2) is 0 Å². The summed E-state index contributed by atoms with van der Waals surface area (Å²) in [5, 5.41) is 3.78. The molecule has 0 spiro atoms. The van der Waals surface area contributed by atoms with E-state index in [4.69, 9.17) is 5.73 Å². The molecule has 2 aromatic heterocycles. The fourth-order valence-corrected chi connectivity index (χ4v) is 2.16. The highest BCUT2D eigenvalue weighted by Crippen LogP contribution is 2.20. The Balaban J connectivity index is 2.46. The number of nitrogens with two attached hydrogens (primary N) is 1. The van der Waals surface area contributed by atoms with E-state index >= 15 is 0 Å². The first-order valence-corrected chi connectivity index (χ1v) is 5.41. The van der Waals surface area contributed by atoms with Crippen molar-refractivity contribution >= 4 is 22.8 Å². The number of nitrogen functional groups attached to an aromatic ring is 1. The molecule has 2 N–H and O–H groups in total. The van der Waals surface area contributed by atoms with E-state index in [1.165, 1.54) is 17.5 Å². The molecule has 0 atom stereocenters. The van der Waals surface area contributed by atoms with E-state index in [-0.39, 0.29) is 5.78 Å². The second kappa shape index (κ2) is 3.82. The Morgan fingerprint density at radius 1 is 1.40 bits per heavy atom. The van der Waals surface area contributed by atoms with Crippen molar-refractivity contribution in [3.8, 4) is 0 Å². The maximum absolute atomic E-state index is 12.0. The maximum atomic E-state index is 12.0. The van der Waals surface area contributed by atoms with Gasteiger partial charge in [0.05, 0.1) is 5.56 Å². The molecule has 15 heavy (non-hydrogen) atoms. The lowest BCUT2D eigenvalue weighted by atomic mass is 10.0. The predicted octanol–water partition coefficient (Wildman–Crippen LogP) is 2.26. The zero-order chi connectivity index (χ0) is 10.8. The lowest BCUT2D eigenvalue weighted by molar-refractivity contribution is 0.103. The van der Waals surface area contributed by atoms with Crippen molar-refractivity contribution in [2.45, 2.75) is 6.92 Å². The van der Waals surface area contributed by atoms with Crippen LogP contribution < -0.4 is 5.73 Å². The number of nitrogens with zero attached hydrogens (tertiary/aromatic N) is 1. The molecule has 0 radical (unpaired) electrons. The van der Waals surface area contributed by atoms with Crippen molar-refractivity contribution in [3.05, 3.63) is 45.9 Å². The first-order valence-electron chi connectivity index (χ1n) is 4.47. The van der Waals surface area contributed by atoms with Gasteiger partial charge in [0.2, 0.25) is 0 Å². The number of carbonyl (C=O) groups is 1. The van der Waals surface area contributed by atoms with Gasteiger partial charge in [-0.2, -0.15) is 11.3 Å². The molecule has 2 heterocycles. The molecular formula is C11H10N2OS. The number of anilines is 1. The number of thiophene rings is 1. The molecule has 0 bridgehead atoms.